The van der Waals surface area contributed by atoms with Crippen LogP contribution in [0.25, 0.3) is 10.9 Å². The first-order valence-electron chi connectivity index (χ1n) is 29.2. The number of nitrogens with two attached hydrogens (primary N) is 1. The fourth-order valence-electron chi connectivity index (χ4n) is 9.40. The molecule has 11 atom stereocenters. The van der Waals surface area contributed by atoms with Crippen molar-refractivity contribution in [3.05, 3.63) is 36.0 Å². The van der Waals surface area contributed by atoms with Crippen LogP contribution in [0.15, 0.2) is 30.5 Å². The zero-order chi connectivity index (χ0) is 64.4. The highest BCUT2D eigenvalue weighted by molar-refractivity contribution is 5.99. The third-order valence-electron chi connectivity index (χ3n) is 14.4. The van der Waals surface area contributed by atoms with E-state index in [4.69, 9.17) is 5.73 Å². The molecule has 10 amide bonds. The van der Waals surface area contributed by atoms with E-state index in [1.807, 2.05) is 18.2 Å². The van der Waals surface area contributed by atoms with Crippen molar-refractivity contribution >= 4 is 87.9 Å². The maximum absolute atomic E-state index is 14.2. The molecular weight excluding hydrogens is 1120 g/mol. The number of aromatic nitrogens is 1. The van der Waals surface area contributed by atoms with Crippen molar-refractivity contribution in [1.29, 1.82) is 0 Å². The number of carboxylic acids is 3. The van der Waals surface area contributed by atoms with Crippen molar-refractivity contribution in [3.63, 3.8) is 0 Å². The summed E-state index contributed by atoms with van der Waals surface area (Å²) in [7, 11) is 0. The van der Waals surface area contributed by atoms with Gasteiger partial charge in [0.15, 0.2) is 0 Å². The van der Waals surface area contributed by atoms with Gasteiger partial charge in [-0.05, 0) is 108 Å². The number of H-pyrrole nitrogens is 1. The number of nitrogens with one attached hydrogen (secondary N) is 12. The SMILES string of the molecule is CC[C@H](C)[C@H](NC(=O)[C@H](C)NC(=O)[C@H](CC(C)C)NC(=O)[C@H](CC(C)C)NC(=O)[C@H](CCC(=O)O)NC(=O)[C@H](C)NC(=O)[C@H](CC(=O)O)NC(=O)[C@H](CCCCN)NC(=O)[C@@H]1CCCN1)C(=O)N[C@@H](Cc1c[nH]c2ccccc12)C(=O)NCC(=O)O. The van der Waals surface area contributed by atoms with E-state index >= 15 is 0 Å². The van der Waals surface area contributed by atoms with Crippen LogP contribution in [-0.2, 0) is 68.7 Å². The summed E-state index contributed by atoms with van der Waals surface area (Å²) >= 11 is 0. The normalized spacial score (nSPS) is 16.5. The highest BCUT2D eigenvalue weighted by Gasteiger charge is 2.37. The van der Waals surface area contributed by atoms with Gasteiger partial charge in [0.05, 0.1) is 12.5 Å². The van der Waals surface area contributed by atoms with Gasteiger partial charge in [-0.3, -0.25) is 62.3 Å². The summed E-state index contributed by atoms with van der Waals surface area (Å²) < 4.78 is 0. The Labute approximate surface area is 499 Å². The monoisotopic (exact) mass is 1210 g/mol. The lowest BCUT2D eigenvalue weighted by molar-refractivity contribution is -0.142. The smallest absolute Gasteiger partial charge is 0.322 e. The van der Waals surface area contributed by atoms with Crippen LogP contribution >= 0.6 is 0 Å². The predicted molar refractivity (Wildman–Crippen MR) is 313 cm³/mol. The van der Waals surface area contributed by atoms with E-state index in [0.29, 0.717) is 44.3 Å². The highest BCUT2D eigenvalue weighted by atomic mass is 16.4. The minimum atomic E-state index is -1.75. The molecule has 2 heterocycles. The third kappa shape index (κ3) is 24.4. The molecule has 0 bridgehead atoms. The Kier molecular flexibility index (Phi) is 30.1. The third-order valence-corrected chi connectivity index (χ3v) is 14.4. The Morgan fingerprint density at radius 2 is 1.09 bits per heavy atom. The van der Waals surface area contributed by atoms with E-state index < -0.39 is 169 Å². The lowest BCUT2D eigenvalue weighted by Crippen LogP contribution is -2.61. The Bertz CT molecular complexity index is 2690. The molecule has 29 heteroatoms. The molecule has 0 radical (unpaired) electrons. The summed E-state index contributed by atoms with van der Waals surface area (Å²) in [5.74, 6) is -13.8. The number of para-hydroxylation sites is 1. The largest absolute Gasteiger partial charge is 0.481 e. The van der Waals surface area contributed by atoms with E-state index in [1.165, 1.54) is 13.8 Å². The summed E-state index contributed by atoms with van der Waals surface area (Å²) in [5.41, 5.74) is 7.04. The lowest BCUT2D eigenvalue weighted by atomic mass is 9.96. The van der Waals surface area contributed by atoms with Gasteiger partial charge in [0.25, 0.3) is 0 Å². The Balaban J connectivity index is 1.77. The molecule has 0 spiro atoms. The van der Waals surface area contributed by atoms with Gasteiger partial charge < -0.3 is 84.5 Å². The Hall–Kier alpha value is -8.21. The number of benzene rings is 1. The van der Waals surface area contributed by atoms with Crippen LogP contribution in [0.2, 0.25) is 0 Å². The maximum Gasteiger partial charge on any atom is 0.322 e. The molecule has 1 aromatic carbocycles. The average molecular weight is 1210 g/mol. The van der Waals surface area contributed by atoms with Crippen LogP contribution in [0.4, 0.5) is 0 Å². The molecular formula is C57H89N13O16. The number of carboxylic acid groups (broad SMARTS) is 3. The van der Waals surface area contributed by atoms with Crippen molar-refractivity contribution in [2.24, 2.45) is 23.5 Å². The number of amides is 10. The summed E-state index contributed by atoms with van der Waals surface area (Å²) in [6.45, 7) is 13.1. The standard InChI is InChI=1S/C57H89N13O16/c1-9-31(6)47(57(86)69-42(50(79)61-28-46(75)76)25-34-27-60-36-16-11-10-15-35(34)36)70-49(78)33(8)63-54(83)40(23-29(2)3)67-56(85)41(24-30(4)5)66-53(82)39(19-20-44(71)72)64-48(77)32(7)62-55(84)43(26-45(73)74)68-52(81)38(17-12-13-21-58)65-51(80)37-18-14-22-59-37/h10-11,15-16,27,29-33,37-43,47,59-60H,9,12-14,17-26,28,58H2,1-8H3,(H,61,79)(H,62,84)(H,63,83)(H,64,77)(H,65,80)(H,66,82)(H,67,85)(H,68,81)(H,69,86)(H,70,78)(H,71,72)(H,73,74)(H,75,76)/t31-,32-,33-,37-,38-,39-,40-,41-,42-,43-,47-/m0/s1. The van der Waals surface area contributed by atoms with Gasteiger partial charge in [-0.25, -0.2) is 0 Å². The van der Waals surface area contributed by atoms with Crippen LogP contribution in [-0.4, -0.2) is 177 Å². The van der Waals surface area contributed by atoms with Crippen LogP contribution in [0.3, 0.4) is 0 Å². The molecule has 3 rings (SSSR count). The number of carbonyl (C=O) groups is 13. The van der Waals surface area contributed by atoms with Crippen molar-refractivity contribution in [2.75, 3.05) is 19.6 Å². The molecule has 29 nitrogen and oxygen atoms in total. The lowest BCUT2D eigenvalue weighted by Gasteiger charge is -2.29. The number of fused-ring (bicyclic) bond motifs is 1. The van der Waals surface area contributed by atoms with Gasteiger partial charge in [-0.2, -0.15) is 0 Å². The second-order valence-electron chi connectivity index (χ2n) is 22.6. The minimum absolute atomic E-state index is 0.0237. The fourth-order valence-corrected chi connectivity index (χ4v) is 9.40. The van der Waals surface area contributed by atoms with E-state index in [-0.39, 0.29) is 37.5 Å². The molecule has 1 aliphatic rings. The van der Waals surface area contributed by atoms with Gasteiger partial charge in [-0.15, -0.1) is 0 Å². The zero-order valence-corrected chi connectivity index (χ0v) is 50.2. The molecule has 1 aliphatic heterocycles. The second kappa shape index (κ2) is 35.9. The van der Waals surface area contributed by atoms with Crippen molar-refractivity contribution < 1.29 is 77.6 Å². The van der Waals surface area contributed by atoms with Crippen molar-refractivity contribution in [3.8, 4) is 0 Å². The minimum Gasteiger partial charge on any atom is -0.481 e. The van der Waals surface area contributed by atoms with Crippen molar-refractivity contribution in [1.82, 2.24) is 63.5 Å². The van der Waals surface area contributed by atoms with Gasteiger partial charge in [0.2, 0.25) is 59.1 Å². The van der Waals surface area contributed by atoms with E-state index in [9.17, 15) is 77.6 Å². The molecule has 478 valence electrons. The molecule has 2 aromatic rings. The maximum atomic E-state index is 14.2. The Morgan fingerprint density at radius 3 is 1.63 bits per heavy atom. The first kappa shape index (κ1) is 72.1. The highest BCUT2D eigenvalue weighted by Crippen LogP contribution is 2.20. The summed E-state index contributed by atoms with van der Waals surface area (Å²) in [5, 5.41) is 57.4. The van der Waals surface area contributed by atoms with Gasteiger partial charge in [0, 0.05) is 29.9 Å². The second-order valence-corrected chi connectivity index (χ2v) is 22.6. The van der Waals surface area contributed by atoms with Crippen LogP contribution in [0, 0.1) is 17.8 Å². The average Bonchev–Trinajstić information content (AvgIpc) is 3.06. The number of hydrogen-bond donors (Lipinski definition) is 16. The van der Waals surface area contributed by atoms with Gasteiger partial charge in [-0.1, -0.05) is 66.2 Å². The number of aromatic amines is 1. The molecule has 0 unspecified atom stereocenters. The number of hydrogen-bond acceptors (Lipinski definition) is 15. The number of aliphatic carboxylic acids is 3. The quantitative estimate of drug-likeness (QED) is 0.0347. The summed E-state index contributed by atoms with van der Waals surface area (Å²) in [6.07, 6.45) is 2.16. The van der Waals surface area contributed by atoms with E-state index in [2.05, 4.69) is 63.5 Å². The van der Waals surface area contributed by atoms with Gasteiger partial charge in [0.1, 0.15) is 60.9 Å². The number of rotatable bonds is 38. The molecule has 17 N–H and O–H groups in total. The van der Waals surface area contributed by atoms with E-state index in [1.54, 1.807) is 53.8 Å². The predicted octanol–water partition coefficient (Wildman–Crippen LogP) is -1.33. The van der Waals surface area contributed by atoms with E-state index in [0.717, 1.165) is 17.3 Å². The van der Waals surface area contributed by atoms with Crippen LogP contribution < -0.4 is 64.2 Å². The molecule has 1 aromatic heterocycles. The molecule has 1 saturated heterocycles. The summed E-state index contributed by atoms with van der Waals surface area (Å²) in [4.78, 5) is 175. The summed E-state index contributed by atoms with van der Waals surface area (Å²) in [6, 6.07) is -5.99. The van der Waals surface area contributed by atoms with Gasteiger partial charge >= 0.3 is 17.9 Å². The fraction of sp³-hybridized carbons (Fsp3) is 0.632. The molecule has 0 saturated carbocycles. The van der Waals surface area contributed by atoms with Crippen LogP contribution in [0.1, 0.15) is 132 Å². The number of unbranched alkanes of at least 4 members (excludes halogenated alkanes) is 1. The van der Waals surface area contributed by atoms with Crippen molar-refractivity contribution in [2.45, 2.75) is 193 Å². The Morgan fingerprint density at radius 1 is 0.570 bits per heavy atom. The van der Waals surface area contributed by atoms with Crippen LogP contribution in [0.5, 0.6) is 0 Å². The first-order valence-corrected chi connectivity index (χ1v) is 29.2. The topological polar surface area (TPSA) is 457 Å². The molecule has 1 fully saturated rings. The number of carbonyl (C=O) groups excluding carboxylic acids is 10. The molecule has 86 heavy (non-hydrogen) atoms. The molecule has 0 aliphatic carbocycles. The zero-order valence-electron chi connectivity index (χ0n) is 50.2. The first-order chi connectivity index (χ1) is 40.5.